The van der Waals surface area contributed by atoms with Crippen molar-refractivity contribution in [2.24, 2.45) is 5.92 Å². The standard InChI is InChI=1S/C16H19N3O/c20-16-14(12-4-2-1-3-5-12)10-19(17-16)15-11-18-8-6-13(15)7-9-18/h1-5,10,13,15H,6-9,11H2,(H,17,20)/t15-/m1/s1. The number of fused-ring (bicyclic) bond motifs is 3. The highest BCUT2D eigenvalue weighted by Crippen LogP contribution is 2.37. The Morgan fingerprint density at radius 1 is 1.10 bits per heavy atom. The molecule has 1 N–H and O–H groups in total. The van der Waals surface area contributed by atoms with E-state index < -0.39 is 0 Å². The third-order valence-electron chi connectivity index (χ3n) is 4.76. The zero-order chi connectivity index (χ0) is 13.5. The summed E-state index contributed by atoms with van der Waals surface area (Å²) in [5.74, 6) is 0.857. The van der Waals surface area contributed by atoms with Gasteiger partial charge in [0.05, 0.1) is 11.6 Å². The molecule has 1 aromatic heterocycles. The van der Waals surface area contributed by atoms with Crippen LogP contribution in [-0.4, -0.2) is 39.4 Å². The zero-order valence-electron chi connectivity index (χ0n) is 11.4. The van der Waals surface area contributed by atoms with Crippen LogP contribution in [0.5, 0.6) is 5.88 Å². The monoisotopic (exact) mass is 269 g/mol. The summed E-state index contributed by atoms with van der Waals surface area (Å²) in [7, 11) is 0. The highest BCUT2D eigenvalue weighted by atomic mass is 16.3. The molecule has 2 aromatic rings. The van der Waals surface area contributed by atoms with Gasteiger partial charge in [-0.3, -0.25) is 4.68 Å². The Balaban J connectivity index is 1.67. The summed E-state index contributed by atoms with van der Waals surface area (Å²) in [5, 5.41) is 14.5. The normalized spacial score (nSPS) is 28.7. The number of hydrogen-bond donors (Lipinski definition) is 1. The van der Waals surface area contributed by atoms with Gasteiger partial charge >= 0.3 is 0 Å². The third kappa shape index (κ3) is 1.91. The number of nitrogens with zero attached hydrogens (tertiary/aromatic N) is 3. The second-order valence-electron chi connectivity index (χ2n) is 5.92. The molecular formula is C16H19N3O. The summed E-state index contributed by atoms with van der Waals surface area (Å²) in [6.07, 6.45) is 4.52. The number of piperidine rings is 3. The van der Waals surface area contributed by atoms with Crippen molar-refractivity contribution in [3.05, 3.63) is 36.5 Å². The molecule has 104 valence electrons. The summed E-state index contributed by atoms with van der Waals surface area (Å²) in [6.45, 7) is 3.51. The van der Waals surface area contributed by atoms with Gasteiger partial charge in [-0.25, -0.2) is 0 Å². The first-order valence-electron chi connectivity index (χ1n) is 7.37. The predicted octanol–water partition coefficient (Wildman–Crippen LogP) is 2.52. The molecule has 4 nitrogen and oxygen atoms in total. The summed E-state index contributed by atoms with van der Waals surface area (Å²) in [4.78, 5) is 2.51. The van der Waals surface area contributed by atoms with Crippen LogP contribution in [0, 0.1) is 5.92 Å². The maximum Gasteiger partial charge on any atom is 0.238 e. The van der Waals surface area contributed by atoms with E-state index in [4.69, 9.17) is 0 Å². The van der Waals surface area contributed by atoms with Crippen LogP contribution in [0.4, 0.5) is 0 Å². The van der Waals surface area contributed by atoms with E-state index in [2.05, 4.69) is 10.00 Å². The quantitative estimate of drug-likeness (QED) is 0.911. The van der Waals surface area contributed by atoms with Crippen LogP contribution in [0.1, 0.15) is 18.9 Å². The summed E-state index contributed by atoms with van der Waals surface area (Å²) in [6, 6.07) is 10.4. The van der Waals surface area contributed by atoms with Gasteiger partial charge in [0.1, 0.15) is 0 Å². The lowest BCUT2D eigenvalue weighted by Crippen LogP contribution is -2.48. The predicted molar refractivity (Wildman–Crippen MR) is 77.5 cm³/mol. The van der Waals surface area contributed by atoms with Crippen molar-refractivity contribution in [3.63, 3.8) is 0 Å². The van der Waals surface area contributed by atoms with Crippen molar-refractivity contribution in [2.75, 3.05) is 19.6 Å². The lowest BCUT2D eigenvalue weighted by atomic mass is 9.84. The Kier molecular flexibility index (Phi) is 2.77. The van der Waals surface area contributed by atoms with Gasteiger partial charge in [-0.05, 0) is 37.4 Å². The molecule has 3 fully saturated rings. The fraction of sp³-hybridized carbons (Fsp3) is 0.438. The van der Waals surface area contributed by atoms with E-state index in [9.17, 15) is 5.11 Å². The average Bonchev–Trinajstić information content (AvgIpc) is 2.91. The molecular weight excluding hydrogens is 250 g/mol. The SMILES string of the molecule is Oc1nn([C@@H]2CN3CCC2CC3)cc1-c1ccccc1. The Bertz CT molecular complexity index is 599. The molecule has 0 radical (unpaired) electrons. The topological polar surface area (TPSA) is 41.3 Å². The average molecular weight is 269 g/mol. The molecule has 0 amide bonds. The van der Waals surface area contributed by atoms with Gasteiger partial charge in [0.25, 0.3) is 0 Å². The van der Waals surface area contributed by atoms with Crippen LogP contribution in [0.15, 0.2) is 36.5 Å². The Morgan fingerprint density at radius 3 is 2.50 bits per heavy atom. The van der Waals surface area contributed by atoms with Crippen molar-refractivity contribution < 1.29 is 5.11 Å². The number of aromatic nitrogens is 2. The largest absolute Gasteiger partial charge is 0.492 e. The van der Waals surface area contributed by atoms with Gasteiger partial charge in [-0.1, -0.05) is 30.3 Å². The second kappa shape index (κ2) is 4.63. The van der Waals surface area contributed by atoms with Crippen molar-refractivity contribution in [1.29, 1.82) is 0 Å². The minimum absolute atomic E-state index is 0.146. The van der Waals surface area contributed by atoms with Gasteiger partial charge in [0, 0.05) is 12.7 Å². The third-order valence-corrected chi connectivity index (χ3v) is 4.76. The molecule has 0 spiro atoms. The van der Waals surface area contributed by atoms with Crippen molar-refractivity contribution >= 4 is 0 Å². The fourth-order valence-corrected chi connectivity index (χ4v) is 3.61. The Hall–Kier alpha value is -1.81. The summed E-state index contributed by atoms with van der Waals surface area (Å²) >= 11 is 0. The minimum atomic E-state index is 0.146. The number of aromatic hydroxyl groups is 1. The number of rotatable bonds is 2. The molecule has 4 heterocycles. The zero-order valence-corrected chi connectivity index (χ0v) is 11.4. The first-order valence-corrected chi connectivity index (χ1v) is 7.37. The van der Waals surface area contributed by atoms with Crippen LogP contribution in [0.25, 0.3) is 11.1 Å². The fourth-order valence-electron chi connectivity index (χ4n) is 3.61. The maximum atomic E-state index is 10.1. The van der Waals surface area contributed by atoms with E-state index in [0.29, 0.717) is 12.0 Å². The molecule has 1 atom stereocenters. The Morgan fingerprint density at radius 2 is 1.85 bits per heavy atom. The summed E-state index contributed by atoms with van der Waals surface area (Å²) < 4.78 is 1.99. The molecule has 0 saturated carbocycles. The molecule has 5 rings (SSSR count). The van der Waals surface area contributed by atoms with Crippen molar-refractivity contribution in [2.45, 2.75) is 18.9 Å². The van der Waals surface area contributed by atoms with E-state index in [1.807, 2.05) is 41.2 Å². The number of benzene rings is 1. The number of hydrogen-bond acceptors (Lipinski definition) is 3. The molecule has 4 heteroatoms. The highest BCUT2D eigenvalue weighted by Gasteiger charge is 2.36. The lowest BCUT2D eigenvalue weighted by molar-refractivity contribution is 0.0508. The van der Waals surface area contributed by atoms with Crippen molar-refractivity contribution in [1.82, 2.24) is 14.7 Å². The van der Waals surface area contributed by atoms with E-state index >= 15 is 0 Å². The van der Waals surface area contributed by atoms with E-state index in [1.165, 1.54) is 25.9 Å². The Labute approximate surface area is 118 Å². The molecule has 3 aliphatic rings. The second-order valence-corrected chi connectivity index (χ2v) is 5.92. The molecule has 2 bridgehead atoms. The molecule has 20 heavy (non-hydrogen) atoms. The van der Waals surface area contributed by atoms with E-state index in [1.54, 1.807) is 0 Å². The van der Waals surface area contributed by atoms with Crippen molar-refractivity contribution in [3.8, 4) is 17.0 Å². The van der Waals surface area contributed by atoms with Gasteiger partial charge in [0.15, 0.2) is 0 Å². The maximum absolute atomic E-state index is 10.1. The van der Waals surface area contributed by atoms with Gasteiger partial charge in [-0.2, -0.15) is 0 Å². The molecule has 0 unspecified atom stereocenters. The minimum Gasteiger partial charge on any atom is -0.492 e. The van der Waals surface area contributed by atoms with E-state index in [0.717, 1.165) is 17.7 Å². The van der Waals surface area contributed by atoms with Crippen LogP contribution in [-0.2, 0) is 0 Å². The van der Waals surface area contributed by atoms with Crippen LogP contribution < -0.4 is 0 Å². The van der Waals surface area contributed by atoms with Gasteiger partial charge in [0.2, 0.25) is 5.88 Å². The van der Waals surface area contributed by atoms with Gasteiger partial charge in [-0.15, -0.1) is 5.10 Å². The first kappa shape index (κ1) is 12.0. The molecule has 3 aliphatic heterocycles. The molecule has 0 aliphatic carbocycles. The van der Waals surface area contributed by atoms with E-state index in [-0.39, 0.29) is 5.88 Å². The lowest BCUT2D eigenvalue weighted by Gasteiger charge is -2.44. The van der Waals surface area contributed by atoms with Crippen LogP contribution in [0.2, 0.25) is 0 Å². The molecule has 3 saturated heterocycles. The highest BCUT2D eigenvalue weighted by molar-refractivity contribution is 5.67. The molecule has 1 aromatic carbocycles. The van der Waals surface area contributed by atoms with Crippen LogP contribution in [0.3, 0.4) is 0 Å². The summed E-state index contributed by atoms with van der Waals surface area (Å²) in [5.41, 5.74) is 1.86. The first-order chi connectivity index (χ1) is 9.81. The smallest absolute Gasteiger partial charge is 0.238 e. The van der Waals surface area contributed by atoms with Crippen LogP contribution >= 0.6 is 0 Å². The van der Waals surface area contributed by atoms with Gasteiger partial charge < -0.3 is 10.0 Å².